The highest BCUT2D eigenvalue weighted by Gasteiger charge is 2.12. The highest BCUT2D eigenvalue weighted by Crippen LogP contribution is 2.32. The van der Waals surface area contributed by atoms with Crippen LogP contribution < -0.4 is 5.32 Å². The molecule has 0 aliphatic carbocycles. The van der Waals surface area contributed by atoms with Gasteiger partial charge in [-0.05, 0) is 36.7 Å². The Bertz CT molecular complexity index is 626. The molecule has 0 bridgehead atoms. The maximum absolute atomic E-state index is 13.9. The van der Waals surface area contributed by atoms with Crippen molar-refractivity contribution in [1.82, 2.24) is 5.32 Å². The van der Waals surface area contributed by atoms with Crippen molar-refractivity contribution in [3.05, 3.63) is 58.1 Å². The predicted octanol–water partition coefficient (Wildman–Crippen LogP) is 4.70. The first kappa shape index (κ1) is 14.9. The lowest BCUT2D eigenvalue weighted by Gasteiger charge is -2.10. The molecule has 0 aromatic heterocycles. The molecule has 0 saturated heterocycles. The van der Waals surface area contributed by atoms with Gasteiger partial charge >= 0.3 is 0 Å². The van der Waals surface area contributed by atoms with Gasteiger partial charge in [0, 0.05) is 28.8 Å². The Hall–Kier alpha value is -1.45. The van der Waals surface area contributed by atoms with E-state index in [0.717, 1.165) is 18.2 Å². The third-order valence-corrected chi connectivity index (χ3v) is 3.46. The minimum atomic E-state index is -0.602. The lowest BCUT2D eigenvalue weighted by Crippen LogP contribution is -2.11. The van der Waals surface area contributed by atoms with Crippen LogP contribution in [0.2, 0.25) is 5.02 Å². The van der Waals surface area contributed by atoms with Gasteiger partial charge in [0.25, 0.3) is 0 Å². The highest BCUT2D eigenvalue weighted by atomic mass is 35.5. The fourth-order valence-corrected chi connectivity index (χ4v) is 2.32. The second-order valence-electron chi connectivity index (χ2n) is 4.68. The fourth-order valence-electron chi connectivity index (χ4n) is 2.02. The molecule has 0 atom stereocenters. The Morgan fingerprint density at radius 1 is 1.05 bits per heavy atom. The van der Waals surface area contributed by atoms with Crippen LogP contribution in [0.4, 0.5) is 8.78 Å². The van der Waals surface area contributed by atoms with Crippen molar-refractivity contribution in [2.75, 3.05) is 6.54 Å². The van der Waals surface area contributed by atoms with Crippen molar-refractivity contribution >= 4 is 11.6 Å². The molecule has 0 heterocycles. The second kappa shape index (κ2) is 6.33. The maximum atomic E-state index is 13.9. The SMILES string of the molecule is CCNCc1ccc(-c2cc(C)c(F)cc2F)c(Cl)c1. The van der Waals surface area contributed by atoms with Gasteiger partial charge in [0.05, 0.1) is 0 Å². The number of hydrogen-bond donors (Lipinski definition) is 1. The quantitative estimate of drug-likeness (QED) is 0.862. The number of aryl methyl sites for hydroxylation is 1. The Morgan fingerprint density at radius 3 is 2.45 bits per heavy atom. The molecule has 0 saturated carbocycles. The van der Waals surface area contributed by atoms with Gasteiger partial charge < -0.3 is 5.32 Å². The molecule has 2 aromatic rings. The van der Waals surface area contributed by atoms with Crippen LogP contribution in [0, 0.1) is 18.6 Å². The average Bonchev–Trinajstić information content (AvgIpc) is 2.41. The lowest BCUT2D eigenvalue weighted by atomic mass is 10.0. The maximum Gasteiger partial charge on any atom is 0.134 e. The van der Waals surface area contributed by atoms with Crippen LogP contribution in [-0.2, 0) is 6.54 Å². The van der Waals surface area contributed by atoms with E-state index in [-0.39, 0.29) is 0 Å². The first-order valence-corrected chi connectivity index (χ1v) is 6.86. The van der Waals surface area contributed by atoms with E-state index in [1.54, 1.807) is 19.1 Å². The van der Waals surface area contributed by atoms with E-state index in [0.29, 0.717) is 28.3 Å². The lowest BCUT2D eigenvalue weighted by molar-refractivity contribution is 0.579. The molecule has 1 N–H and O–H groups in total. The predicted molar refractivity (Wildman–Crippen MR) is 78.9 cm³/mol. The summed E-state index contributed by atoms with van der Waals surface area (Å²) in [6.45, 7) is 5.20. The van der Waals surface area contributed by atoms with Gasteiger partial charge in [0.15, 0.2) is 0 Å². The van der Waals surface area contributed by atoms with E-state index in [2.05, 4.69) is 5.32 Å². The molecular formula is C16H16ClF2N. The van der Waals surface area contributed by atoms with Gasteiger partial charge in [-0.15, -0.1) is 0 Å². The normalized spacial score (nSPS) is 10.8. The van der Waals surface area contributed by atoms with Crippen LogP contribution in [0.5, 0.6) is 0 Å². The molecule has 0 aliphatic rings. The molecule has 106 valence electrons. The summed E-state index contributed by atoms with van der Waals surface area (Å²) in [7, 11) is 0. The van der Waals surface area contributed by atoms with Gasteiger partial charge in [-0.2, -0.15) is 0 Å². The summed E-state index contributed by atoms with van der Waals surface area (Å²) in [6, 6.07) is 7.84. The standard InChI is InChI=1S/C16H16ClF2N/c1-3-20-9-11-4-5-12(14(17)7-11)13-6-10(2)15(18)8-16(13)19/h4-8,20H,3,9H2,1-2H3. The third-order valence-electron chi connectivity index (χ3n) is 3.15. The summed E-state index contributed by atoms with van der Waals surface area (Å²) in [6.07, 6.45) is 0. The molecule has 0 amide bonds. The molecule has 2 rings (SSSR count). The van der Waals surface area contributed by atoms with Crippen molar-refractivity contribution in [2.45, 2.75) is 20.4 Å². The van der Waals surface area contributed by atoms with E-state index >= 15 is 0 Å². The Labute approximate surface area is 122 Å². The highest BCUT2D eigenvalue weighted by molar-refractivity contribution is 6.33. The van der Waals surface area contributed by atoms with Gasteiger partial charge in [-0.25, -0.2) is 8.78 Å². The topological polar surface area (TPSA) is 12.0 Å². The molecule has 0 aliphatic heterocycles. The van der Waals surface area contributed by atoms with Gasteiger partial charge in [-0.3, -0.25) is 0 Å². The minimum Gasteiger partial charge on any atom is -0.313 e. The van der Waals surface area contributed by atoms with Gasteiger partial charge in [0.2, 0.25) is 0 Å². The van der Waals surface area contributed by atoms with Crippen LogP contribution >= 0.6 is 11.6 Å². The Balaban J connectivity index is 2.41. The summed E-state index contributed by atoms with van der Waals surface area (Å²) >= 11 is 6.22. The van der Waals surface area contributed by atoms with E-state index in [4.69, 9.17) is 11.6 Å². The summed E-state index contributed by atoms with van der Waals surface area (Å²) in [5, 5.41) is 3.66. The van der Waals surface area contributed by atoms with Crippen molar-refractivity contribution in [3.63, 3.8) is 0 Å². The van der Waals surface area contributed by atoms with E-state index < -0.39 is 11.6 Å². The van der Waals surface area contributed by atoms with Crippen molar-refractivity contribution in [3.8, 4) is 11.1 Å². The van der Waals surface area contributed by atoms with Crippen LogP contribution in [0.3, 0.4) is 0 Å². The number of halogens is 3. The summed E-state index contributed by atoms with van der Waals surface area (Å²) in [4.78, 5) is 0. The minimum absolute atomic E-state index is 0.323. The number of rotatable bonds is 4. The molecule has 0 radical (unpaired) electrons. The molecular weight excluding hydrogens is 280 g/mol. The monoisotopic (exact) mass is 295 g/mol. The van der Waals surface area contributed by atoms with Crippen LogP contribution in [0.15, 0.2) is 30.3 Å². The van der Waals surface area contributed by atoms with Crippen LogP contribution in [0.25, 0.3) is 11.1 Å². The first-order valence-electron chi connectivity index (χ1n) is 6.48. The third kappa shape index (κ3) is 3.17. The van der Waals surface area contributed by atoms with Crippen molar-refractivity contribution in [1.29, 1.82) is 0 Å². The second-order valence-corrected chi connectivity index (χ2v) is 5.08. The molecule has 2 aromatic carbocycles. The fraction of sp³-hybridized carbons (Fsp3) is 0.250. The zero-order chi connectivity index (χ0) is 14.7. The smallest absolute Gasteiger partial charge is 0.134 e. The van der Waals surface area contributed by atoms with E-state index in [1.165, 1.54) is 6.07 Å². The number of benzene rings is 2. The average molecular weight is 296 g/mol. The van der Waals surface area contributed by atoms with Crippen molar-refractivity contribution in [2.24, 2.45) is 0 Å². The first-order chi connectivity index (χ1) is 9.52. The Morgan fingerprint density at radius 2 is 1.80 bits per heavy atom. The van der Waals surface area contributed by atoms with Crippen LogP contribution in [-0.4, -0.2) is 6.54 Å². The van der Waals surface area contributed by atoms with Crippen molar-refractivity contribution < 1.29 is 8.78 Å². The summed E-state index contributed by atoms with van der Waals surface area (Å²) in [5.74, 6) is -1.15. The molecule has 0 fully saturated rings. The Kier molecular flexibility index (Phi) is 4.73. The number of hydrogen-bond acceptors (Lipinski definition) is 1. The van der Waals surface area contributed by atoms with Gasteiger partial charge in [-0.1, -0.05) is 30.7 Å². The molecule has 0 unspecified atom stereocenters. The molecule has 4 heteroatoms. The molecule has 20 heavy (non-hydrogen) atoms. The summed E-state index contributed by atoms with van der Waals surface area (Å²) < 4.78 is 27.2. The molecule has 1 nitrogen and oxygen atoms in total. The largest absolute Gasteiger partial charge is 0.313 e. The zero-order valence-electron chi connectivity index (χ0n) is 11.4. The van der Waals surface area contributed by atoms with Crippen LogP contribution in [0.1, 0.15) is 18.1 Å². The van der Waals surface area contributed by atoms with E-state index in [9.17, 15) is 8.78 Å². The summed E-state index contributed by atoms with van der Waals surface area (Å²) in [5.41, 5.74) is 2.32. The van der Waals surface area contributed by atoms with E-state index in [1.807, 2.05) is 13.0 Å². The molecule has 0 spiro atoms. The number of nitrogens with one attached hydrogen (secondary N) is 1. The van der Waals surface area contributed by atoms with Gasteiger partial charge in [0.1, 0.15) is 11.6 Å². The zero-order valence-corrected chi connectivity index (χ0v) is 12.2.